The monoisotopic (exact) mass is 219 g/mol. The van der Waals surface area contributed by atoms with Gasteiger partial charge in [0.25, 0.3) is 5.91 Å². The molecule has 1 amide bonds. The van der Waals surface area contributed by atoms with E-state index in [0.717, 1.165) is 5.56 Å². The summed E-state index contributed by atoms with van der Waals surface area (Å²) in [4.78, 5) is 14.0. The molecule has 0 bridgehead atoms. The lowest BCUT2D eigenvalue weighted by Crippen LogP contribution is -2.44. The zero-order valence-electron chi connectivity index (χ0n) is 9.77. The van der Waals surface area contributed by atoms with Gasteiger partial charge >= 0.3 is 0 Å². The summed E-state index contributed by atoms with van der Waals surface area (Å²) in [5.41, 5.74) is 1.94. The van der Waals surface area contributed by atoms with E-state index < -0.39 is 0 Å². The van der Waals surface area contributed by atoms with Crippen LogP contribution in [0.4, 0.5) is 0 Å². The van der Waals surface area contributed by atoms with Crippen molar-refractivity contribution < 1.29 is 9.53 Å². The van der Waals surface area contributed by atoms with Gasteiger partial charge in [-0.2, -0.15) is 0 Å². The largest absolute Gasteiger partial charge is 0.375 e. The Morgan fingerprint density at radius 3 is 2.69 bits per heavy atom. The van der Waals surface area contributed by atoms with Gasteiger partial charge in [-0.05, 0) is 26.0 Å². The Balaban J connectivity index is 2.09. The number of aryl methyl sites for hydroxylation is 1. The van der Waals surface area contributed by atoms with Crippen molar-refractivity contribution in [2.24, 2.45) is 0 Å². The number of carbonyl (C=O) groups excluding carboxylic acids is 1. The summed E-state index contributed by atoms with van der Waals surface area (Å²) >= 11 is 0. The maximum absolute atomic E-state index is 12.1. The molecule has 1 atom stereocenters. The van der Waals surface area contributed by atoms with Crippen molar-refractivity contribution in [3.63, 3.8) is 0 Å². The number of carbonyl (C=O) groups is 1. The summed E-state index contributed by atoms with van der Waals surface area (Å²) < 4.78 is 5.42. The van der Waals surface area contributed by atoms with Gasteiger partial charge in [0.15, 0.2) is 0 Å². The lowest BCUT2D eigenvalue weighted by Gasteiger charge is -2.31. The lowest BCUT2D eigenvalue weighted by molar-refractivity contribution is -0.0124. The van der Waals surface area contributed by atoms with Crippen LogP contribution in [0.2, 0.25) is 0 Å². The van der Waals surface area contributed by atoms with E-state index in [1.54, 1.807) is 0 Å². The number of benzene rings is 1. The van der Waals surface area contributed by atoms with Gasteiger partial charge in [-0.3, -0.25) is 4.79 Å². The number of ether oxygens (including phenoxy) is 1. The molecule has 2 rings (SSSR count). The molecule has 0 aliphatic carbocycles. The second kappa shape index (κ2) is 4.66. The fraction of sp³-hybridized carbons (Fsp3) is 0.462. The third-order valence-electron chi connectivity index (χ3n) is 2.83. The van der Waals surface area contributed by atoms with Crippen LogP contribution in [0.3, 0.4) is 0 Å². The van der Waals surface area contributed by atoms with E-state index in [2.05, 4.69) is 0 Å². The van der Waals surface area contributed by atoms with Crippen molar-refractivity contribution in [1.29, 1.82) is 0 Å². The van der Waals surface area contributed by atoms with Crippen molar-refractivity contribution in [2.45, 2.75) is 20.0 Å². The first kappa shape index (κ1) is 11.1. The molecule has 0 radical (unpaired) electrons. The van der Waals surface area contributed by atoms with Crippen LogP contribution >= 0.6 is 0 Å². The van der Waals surface area contributed by atoms with E-state index in [1.165, 1.54) is 5.56 Å². The summed E-state index contributed by atoms with van der Waals surface area (Å²) in [5, 5.41) is 0. The van der Waals surface area contributed by atoms with E-state index in [4.69, 9.17) is 4.74 Å². The highest BCUT2D eigenvalue weighted by Gasteiger charge is 2.22. The minimum absolute atomic E-state index is 0.107. The maximum atomic E-state index is 12.1. The van der Waals surface area contributed by atoms with Gasteiger partial charge in [-0.1, -0.05) is 17.7 Å². The zero-order valence-corrected chi connectivity index (χ0v) is 9.77. The Bertz CT molecular complexity index is 372. The van der Waals surface area contributed by atoms with Gasteiger partial charge in [0.05, 0.1) is 12.7 Å². The predicted octanol–water partition coefficient (Wildman–Crippen LogP) is 1.86. The average molecular weight is 219 g/mol. The first-order valence-corrected chi connectivity index (χ1v) is 5.64. The first-order valence-electron chi connectivity index (χ1n) is 5.64. The van der Waals surface area contributed by atoms with Gasteiger partial charge in [-0.25, -0.2) is 0 Å². The summed E-state index contributed by atoms with van der Waals surface area (Å²) in [6.07, 6.45) is 0.142. The molecule has 3 nitrogen and oxygen atoms in total. The number of amides is 1. The molecule has 0 saturated carbocycles. The fourth-order valence-corrected chi connectivity index (χ4v) is 1.88. The summed E-state index contributed by atoms with van der Waals surface area (Å²) in [6.45, 7) is 6.03. The van der Waals surface area contributed by atoms with Gasteiger partial charge in [-0.15, -0.1) is 0 Å². The molecule has 0 aromatic heterocycles. The van der Waals surface area contributed by atoms with Crippen molar-refractivity contribution in [3.05, 3.63) is 35.4 Å². The van der Waals surface area contributed by atoms with E-state index in [-0.39, 0.29) is 12.0 Å². The Morgan fingerprint density at radius 2 is 2.06 bits per heavy atom. The van der Waals surface area contributed by atoms with Gasteiger partial charge in [0.1, 0.15) is 0 Å². The molecule has 1 aromatic rings. The molecule has 1 heterocycles. The average Bonchev–Trinajstić information content (AvgIpc) is 2.29. The Hall–Kier alpha value is -1.35. The lowest BCUT2D eigenvalue weighted by atomic mass is 10.1. The minimum Gasteiger partial charge on any atom is -0.375 e. The first-order chi connectivity index (χ1) is 7.66. The van der Waals surface area contributed by atoms with Gasteiger partial charge < -0.3 is 9.64 Å². The highest BCUT2D eigenvalue weighted by atomic mass is 16.5. The van der Waals surface area contributed by atoms with Gasteiger partial charge in [0, 0.05) is 18.7 Å². The SMILES string of the molecule is Cc1ccc(C(=O)N2CCO[C@H](C)C2)cc1. The molecule has 3 heteroatoms. The van der Waals surface area contributed by atoms with E-state index in [0.29, 0.717) is 19.7 Å². The van der Waals surface area contributed by atoms with Crippen molar-refractivity contribution in [2.75, 3.05) is 19.7 Å². The van der Waals surface area contributed by atoms with Crippen molar-refractivity contribution >= 4 is 5.91 Å². The number of morpholine rings is 1. The smallest absolute Gasteiger partial charge is 0.254 e. The van der Waals surface area contributed by atoms with Crippen LogP contribution in [-0.2, 0) is 4.74 Å². The highest BCUT2D eigenvalue weighted by molar-refractivity contribution is 5.94. The van der Waals surface area contributed by atoms with Crippen molar-refractivity contribution in [1.82, 2.24) is 4.90 Å². The molecular formula is C13H17NO2. The number of hydrogen-bond acceptors (Lipinski definition) is 2. The highest BCUT2D eigenvalue weighted by Crippen LogP contribution is 2.11. The van der Waals surface area contributed by atoms with Crippen LogP contribution in [0.25, 0.3) is 0 Å². The molecule has 1 aromatic carbocycles. The van der Waals surface area contributed by atoms with E-state index >= 15 is 0 Å². The molecule has 1 saturated heterocycles. The molecule has 16 heavy (non-hydrogen) atoms. The van der Waals surface area contributed by atoms with Crippen LogP contribution in [0.5, 0.6) is 0 Å². The fourth-order valence-electron chi connectivity index (χ4n) is 1.88. The Labute approximate surface area is 96.0 Å². The standard InChI is InChI=1S/C13H17NO2/c1-10-3-5-12(6-4-10)13(15)14-7-8-16-11(2)9-14/h3-6,11H,7-9H2,1-2H3/t11-/m1/s1. The predicted molar refractivity (Wildman–Crippen MR) is 62.5 cm³/mol. The number of rotatable bonds is 1. The normalized spacial score (nSPS) is 20.9. The third kappa shape index (κ3) is 2.42. The second-order valence-corrected chi connectivity index (χ2v) is 4.30. The maximum Gasteiger partial charge on any atom is 0.254 e. The number of nitrogens with zero attached hydrogens (tertiary/aromatic N) is 1. The van der Waals surface area contributed by atoms with E-state index in [1.807, 2.05) is 43.0 Å². The molecule has 86 valence electrons. The molecular weight excluding hydrogens is 202 g/mol. The Morgan fingerprint density at radius 1 is 1.38 bits per heavy atom. The van der Waals surface area contributed by atoms with Crippen molar-refractivity contribution in [3.8, 4) is 0 Å². The van der Waals surface area contributed by atoms with Crippen LogP contribution < -0.4 is 0 Å². The molecule has 0 spiro atoms. The quantitative estimate of drug-likeness (QED) is 0.721. The van der Waals surface area contributed by atoms with E-state index in [9.17, 15) is 4.79 Å². The minimum atomic E-state index is 0.107. The molecule has 0 unspecified atom stereocenters. The molecule has 1 aliphatic rings. The van der Waals surface area contributed by atoms with Crippen LogP contribution in [-0.4, -0.2) is 36.6 Å². The zero-order chi connectivity index (χ0) is 11.5. The third-order valence-corrected chi connectivity index (χ3v) is 2.83. The van der Waals surface area contributed by atoms with Crippen LogP contribution in [0, 0.1) is 6.92 Å². The molecule has 1 aliphatic heterocycles. The number of hydrogen-bond donors (Lipinski definition) is 0. The molecule has 0 N–H and O–H groups in total. The summed E-state index contributed by atoms with van der Waals surface area (Å²) in [7, 11) is 0. The summed E-state index contributed by atoms with van der Waals surface area (Å²) in [5.74, 6) is 0.107. The summed E-state index contributed by atoms with van der Waals surface area (Å²) in [6, 6.07) is 7.71. The Kier molecular flexibility index (Phi) is 3.25. The van der Waals surface area contributed by atoms with Crippen LogP contribution in [0.15, 0.2) is 24.3 Å². The molecule has 1 fully saturated rings. The topological polar surface area (TPSA) is 29.5 Å². The second-order valence-electron chi connectivity index (χ2n) is 4.30. The van der Waals surface area contributed by atoms with Gasteiger partial charge in [0.2, 0.25) is 0 Å². The van der Waals surface area contributed by atoms with Crippen LogP contribution in [0.1, 0.15) is 22.8 Å².